The summed E-state index contributed by atoms with van der Waals surface area (Å²) in [5.74, 6) is -0.878. The van der Waals surface area contributed by atoms with E-state index in [-0.39, 0.29) is 0 Å². The highest BCUT2D eigenvalue weighted by molar-refractivity contribution is 9.10. The van der Waals surface area contributed by atoms with E-state index < -0.39 is 11.8 Å². The molecule has 0 atom stereocenters. The van der Waals surface area contributed by atoms with Crippen LogP contribution in [0.2, 0.25) is 0 Å². The zero-order chi connectivity index (χ0) is 17.3. The molecule has 0 fully saturated rings. The Bertz CT molecular complexity index is 951. The molecule has 0 saturated carbocycles. The highest BCUT2D eigenvalue weighted by atomic mass is 79.9. The summed E-state index contributed by atoms with van der Waals surface area (Å²) in [4.78, 5) is 35.7. The maximum Gasteiger partial charge on any atom is 0.286 e. The summed E-state index contributed by atoms with van der Waals surface area (Å²) >= 11 is 3.24. The third-order valence-electron chi connectivity index (χ3n) is 3.52. The number of aromatic nitrogens is 3. The molecule has 24 heavy (non-hydrogen) atoms. The molecule has 0 saturated heterocycles. The molecule has 2 aromatic heterocycles. The summed E-state index contributed by atoms with van der Waals surface area (Å²) in [5, 5.41) is 0. The van der Waals surface area contributed by atoms with Crippen molar-refractivity contribution in [1.82, 2.24) is 25.8 Å². The van der Waals surface area contributed by atoms with Crippen LogP contribution in [0.3, 0.4) is 0 Å². The number of carbonyl (C=O) groups excluding carboxylic acids is 2. The monoisotopic (exact) mass is 387 g/mol. The van der Waals surface area contributed by atoms with Gasteiger partial charge in [-0.3, -0.25) is 20.4 Å². The minimum Gasteiger partial charge on any atom is -0.356 e. The van der Waals surface area contributed by atoms with Crippen LogP contribution in [-0.2, 0) is 0 Å². The normalized spacial score (nSPS) is 10.6. The number of benzene rings is 1. The van der Waals surface area contributed by atoms with E-state index in [1.165, 1.54) is 0 Å². The standard InChI is InChI=1S/C16H14BrN5O2/c1-8-9(2)20-13-5-10(3-4-12(13)19-8)15(23)21-22-16(24)14-6-11(17)7-18-14/h3-7,18H,1-2H3,(H,21,23)(H,22,24). The summed E-state index contributed by atoms with van der Waals surface area (Å²) in [6.45, 7) is 3.75. The molecule has 1 aromatic carbocycles. The van der Waals surface area contributed by atoms with Gasteiger partial charge in [0.15, 0.2) is 0 Å². The minimum absolute atomic E-state index is 0.331. The first-order chi connectivity index (χ1) is 11.4. The number of hydrazine groups is 1. The Kier molecular flexibility index (Phi) is 4.30. The molecule has 7 nitrogen and oxygen atoms in total. The van der Waals surface area contributed by atoms with Gasteiger partial charge in [-0.05, 0) is 54.0 Å². The van der Waals surface area contributed by atoms with Crippen molar-refractivity contribution in [2.24, 2.45) is 0 Å². The zero-order valence-electron chi connectivity index (χ0n) is 13.0. The number of fused-ring (bicyclic) bond motifs is 1. The molecule has 2 amide bonds. The Morgan fingerprint density at radius 2 is 1.67 bits per heavy atom. The van der Waals surface area contributed by atoms with Crippen molar-refractivity contribution < 1.29 is 9.59 Å². The summed E-state index contributed by atoms with van der Waals surface area (Å²) in [7, 11) is 0. The number of rotatable bonds is 2. The predicted octanol–water partition coefficient (Wildman–Crippen LogP) is 2.41. The molecule has 122 valence electrons. The topological polar surface area (TPSA) is 99.8 Å². The van der Waals surface area contributed by atoms with Crippen LogP contribution in [0.5, 0.6) is 0 Å². The van der Waals surface area contributed by atoms with Crippen molar-refractivity contribution in [3.05, 3.63) is 57.6 Å². The number of hydrogen-bond acceptors (Lipinski definition) is 4. The third-order valence-corrected chi connectivity index (χ3v) is 3.98. The van der Waals surface area contributed by atoms with Gasteiger partial charge in [0.1, 0.15) is 5.69 Å². The van der Waals surface area contributed by atoms with Gasteiger partial charge in [0.2, 0.25) is 0 Å². The summed E-state index contributed by atoms with van der Waals surface area (Å²) in [6, 6.07) is 6.62. The van der Waals surface area contributed by atoms with Crippen LogP contribution in [0.1, 0.15) is 32.2 Å². The average Bonchev–Trinajstić information content (AvgIpc) is 2.99. The number of aromatic amines is 1. The Balaban J connectivity index is 1.74. The lowest BCUT2D eigenvalue weighted by Gasteiger charge is -2.08. The highest BCUT2D eigenvalue weighted by Gasteiger charge is 2.12. The van der Waals surface area contributed by atoms with Gasteiger partial charge >= 0.3 is 0 Å². The van der Waals surface area contributed by atoms with E-state index in [1.807, 2.05) is 13.8 Å². The van der Waals surface area contributed by atoms with Crippen molar-refractivity contribution >= 4 is 38.8 Å². The van der Waals surface area contributed by atoms with Gasteiger partial charge in [0.05, 0.1) is 22.4 Å². The number of nitrogens with one attached hydrogen (secondary N) is 3. The summed E-state index contributed by atoms with van der Waals surface area (Å²) in [5.41, 5.74) is 8.45. The zero-order valence-corrected chi connectivity index (χ0v) is 14.6. The second kappa shape index (κ2) is 6.40. The first-order valence-corrected chi connectivity index (χ1v) is 7.93. The fourth-order valence-corrected chi connectivity index (χ4v) is 2.47. The molecule has 0 aliphatic carbocycles. The quantitative estimate of drug-likeness (QED) is 0.587. The first kappa shape index (κ1) is 16.1. The fraction of sp³-hybridized carbons (Fsp3) is 0.125. The molecule has 3 aromatic rings. The number of hydrogen-bond donors (Lipinski definition) is 3. The average molecular weight is 388 g/mol. The Hall–Kier alpha value is -2.74. The number of H-pyrrole nitrogens is 1. The van der Waals surface area contributed by atoms with E-state index in [4.69, 9.17) is 0 Å². The van der Waals surface area contributed by atoms with E-state index in [1.54, 1.807) is 30.5 Å². The van der Waals surface area contributed by atoms with E-state index in [2.05, 4.69) is 41.7 Å². The number of halogens is 1. The van der Waals surface area contributed by atoms with Gasteiger partial charge in [-0.15, -0.1) is 0 Å². The van der Waals surface area contributed by atoms with Crippen LogP contribution in [0.15, 0.2) is 34.9 Å². The van der Waals surface area contributed by atoms with Crippen molar-refractivity contribution in [2.75, 3.05) is 0 Å². The maximum absolute atomic E-state index is 12.2. The van der Waals surface area contributed by atoms with E-state index in [0.717, 1.165) is 21.4 Å². The fourth-order valence-electron chi connectivity index (χ4n) is 2.12. The van der Waals surface area contributed by atoms with Crippen molar-refractivity contribution in [3.63, 3.8) is 0 Å². The van der Waals surface area contributed by atoms with Gasteiger partial charge in [-0.25, -0.2) is 9.97 Å². The van der Waals surface area contributed by atoms with Crippen LogP contribution in [0, 0.1) is 13.8 Å². The second-order valence-electron chi connectivity index (χ2n) is 5.24. The Labute approximate surface area is 146 Å². The first-order valence-electron chi connectivity index (χ1n) is 7.13. The second-order valence-corrected chi connectivity index (χ2v) is 6.15. The minimum atomic E-state index is -0.443. The lowest BCUT2D eigenvalue weighted by atomic mass is 10.1. The lowest BCUT2D eigenvalue weighted by Crippen LogP contribution is -2.41. The lowest BCUT2D eigenvalue weighted by molar-refractivity contribution is 0.0844. The molecule has 0 aliphatic rings. The number of nitrogens with zero attached hydrogens (tertiary/aromatic N) is 2. The van der Waals surface area contributed by atoms with Crippen LogP contribution in [0.25, 0.3) is 11.0 Å². The molecule has 8 heteroatoms. The molecule has 0 aliphatic heterocycles. The molecule has 0 spiro atoms. The van der Waals surface area contributed by atoms with Gasteiger partial charge in [-0.1, -0.05) is 0 Å². The number of carbonyl (C=O) groups is 2. The van der Waals surface area contributed by atoms with Crippen molar-refractivity contribution in [3.8, 4) is 0 Å². The van der Waals surface area contributed by atoms with Gasteiger partial charge in [-0.2, -0.15) is 0 Å². The highest BCUT2D eigenvalue weighted by Crippen LogP contribution is 2.14. The predicted molar refractivity (Wildman–Crippen MR) is 92.4 cm³/mol. The smallest absolute Gasteiger partial charge is 0.286 e. The molecule has 0 radical (unpaired) electrons. The van der Waals surface area contributed by atoms with Gasteiger partial charge < -0.3 is 4.98 Å². The van der Waals surface area contributed by atoms with Crippen LogP contribution in [0.4, 0.5) is 0 Å². The van der Waals surface area contributed by atoms with E-state index in [0.29, 0.717) is 16.8 Å². The summed E-state index contributed by atoms with van der Waals surface area (Å²) < 4.78 is 0.748. The third kappa shape index (κ3) is 3.28. The van der Waals surface area contributed by atoms with Crippen molar-refractivity contribution in [1.29, 1.82) is 0 Å². The van der Waals surface area contributed by atoms with Crippen molar-refractivity contribution in [2.45, 2.75) is 13.8 Å². The molecule has 3 rings (SSSR count). The molecular weight excluding hydrogens is 374 g/mol. The largest absolute Gasteiger partial charge is 0.356 e. The molecular formula is C16H14BrN5O2. The number of aryl methyl sites for hydroxylation is 2. The Morgan fingerprint density at radius 1 is 1.00 bits per heavy atom. The van der Waals surface area contributed by atoms with Crippen LogP contribution in [-0.4, -0.2) is 26.8 Å². The maximum atomic E-state index is 12.2. The van der Waals surface area contributed by atoms with Gasteiger partial charge in [0, 0.05) is 16.2 Å². The SMILES string of the molecule is Cc1nc2ccc(C(=O)NNC(=O)c3cc(Br)c[nH]3)cc2nc1C. The summed E-state index contributed by atoms with van der Waals surface area (Å²) in [6.07, 6.45) is 1.63. The molecule has 3 N–H and O–H groups in total. The van der Waals surface area contributed by atoms with Gasteiger partial charge in [0.25, 0.3) is 11.8 Å². The van der Waals surface area contributed by atoms with Crippen LogP contribution < -0.4 is 10.9 Å². The number of amides is 2. The van der Waals surface area contributed by atoms with E-state index in [9.17, 15) is 9.59 Å². The molecule has 0 bridgehead atoms. The van der Waals surface area contributed by atoms with Crippen LogP contribution >= 0.6 is 15.9 Å². The molecule has 2 heterocycles. The Morgan fingerprint density at radius 3 is 2.33 bits per heavy atom. The van der Waals surface area contributed by atoms with E-state index >= 15 is 0 Å². The molecule has 0 unspecified atom stereocenters.